The zero-order valence-corrected chi connectivity index (χ0v) is 15.6. The molecule has 0 bridgehead atoms. The Morgan fingerprint density at radius 3 is 2.19 bits per heavy atom. The van der Waals surface area contributed by atoms with Crippen molar-refractivity contribution in [1.82, 2.24) is 4.72 Å². The van der Waals surface area contributed by atoms with Gasteiger partial charge in [0.2, 0.25) is 10.0 Å². The van der Waals surface area contributed by atoms with E-state index in [1.54, 1.807) is 31.4 Å². The van der Waals surface area contributed by atoms with Crippen molar-refractivity contribution < 1.29 is 13.2 Å². The Hall–Kier alpha value is -2.63. The molecule has 0 atom stereocenters. The van der Waals surface area contributed by atoms with Crippen LogP contribution in [-0.4, -0.2) is 15.5 Å². The molecule has 4 nitrogen and oxygen atoms in total. The molecular formula is C21H21NO3S. The molecule has 0 heterocycles. The van der Waals surface area contributed by atoms with Crippen LogP contribution in [0.25, 0.3) is 11.1 Å². The monoisotopic (exact) mass is 367 g/mol. The quantitative estimate of drug-likeness (QED) is 0.712. The summed E-state index contributed by atoms with van der Waals surface area (Å²) in [5.41, 5.74) is 3.93. The molecule has 0 unspecified atom stereocenters. The first kappa shape index (κ1) is 18.2. The third-order valence-corrected chi connectivity index (χ3v) is 5.62. The number of nitrogens with one attached hydrogen (secondary N) is 1. The fourth-order valence-electron chi connectivity index (χ4n) is 2.70. The van der Waals surface area contributed by atoms with Crippen molar-refractivity contribution in [3.05, 3.63) is 83.9 Å². The van der Waals surface area contributed by atoms with Gasteiger partial charge in [-0.2, -0.15) is 0 Å². The van der Waals surface area contributed by atoms with Gasteiger partial charge >= 0.3 is 0 Å². The highest BCUT2D eigenvalue weighted by Gasteiger charge is 2.14. The Morgan fingerprint density at radius 1 is 0.885 bits per heavy atom. The van der Waals surface area contributed by atoms with Crippen LogP contribution in [0.1, 0.15) is 11.1 Å². The minimum atomic E-state index is -3.55. The average molecular weight is 367 g/mol. The topological polar surface area (TPSA) is 55.4 Å². The van der Waals surface area contributed by atoms with Gasteiger partial charge in [-0.1, -0.05) is 54.1 Å². The lowest BCUT2D eigenvalue weighted by molar-refractivity contribution is 0.415. The Kier molecular flexibility index (Phi) is 5.40. The average Bonchev–Trinajstić information content (AvgIpc) is 2.67. The fraction of sp³-hybridized carbons (Fsp3) is 0.143. The fourth-order valence-corrected chi connectivity index (χ4v) is 3.71. The second kappa shape index (κ2) is 7.72. The van der Waals surface area contributed by atoms with Crippen LogP contribution >= 0.6 is 0 Å². The van der Waals surface area contributed by atoms with E-state index in [0.717, 1.165) is 28.0 Å². The summed E-state index contributed by atoms with van der Waals surface area (Å²) in [4.78, 5) is 0.269. The molecule has 3 aromatic rings. The number of aryl methyl sites for hydroxylation is 1. The van der Waals surface area contributed by atoms with Gasteiger partial charge in [-0.15, -0.1) is 0 Å². The highest BCUT2D eigenvalue weighted by Crippen LogP contribution is 2.26. The molecule has 1 N–H and O–H groups in total. The first-order chi connectivity index (χ1) is 12.5. The van der Waals surface area contributed by atoms with Gasteiger partial charge in [0.1, 0.15) is 5.75 Å². The van der Waals surface area contributed by atoms with E-state index in [1.807, 2.05) is 55.5 Å². The van der Waals surface area contributed by atoms with E-state index in [2.05, 4.69) is 4.72 Å². The zero-order valence-electron chi connectivity index (χ0n) is 14.8. The summed E-state index contributed by atoms with van der Waals surface area (Å²) in [6.45, 7) is 2.15. The highest BCUT2D eigenvalue weighted by molar-refractivity contribution is 7.89. The van der Waals surface area contributed by atoms with Crippen molar-refractivity contribution in [2.24, 2.45) is 0 Å². The normalized spacial score (nSPS) is 11.3. The maximum absolute atomic E-state index is 12.5. The highest BCUT2D eigenvalue weighted by atomic mass is 32.2. The van der Waals surface area contributed by atoms with E-state index >= 15 is 0 Å². The smallest absolute Gasteiger partial charge is 0.240 e. The van der Waals surface area contributed by atoms with Gasteiger partial charge in [-0.25, -0.2) is 13.1 Å². The molecule has 0 amide bonds. The summed E-state index contributed by atoms with van der Waals surface area (Å²) < 4.78 is 32.9. The van der Waals surface area contributed by atoms with E-state index in [4.69, 9.17) is 4.74 Å². The standard InChI is InChI=1S/C21H21NO3S/c1-16-7-13-20(14-8-16)26(23,24)22-15-18-5-3-4-6-21(18)17-9-11-19(25-2)12-10-17/h3-14,22H,15H2,1-2H3. The third kappa shape index (κ3) is 4.12. The Labute approximate surface area is 154 Å². The molecule has 3 aromatic carbocycles. The Morgan fingerprint density at radius 2 is 1.54 bits per heavy atom. The van der Waals surface area contributed by atoms with Crippen molar-refractivity contribution in [3.63, 3.8) is 0 Å². The van der Waals surface area contributed by atoms with Crippen LogP contribution in [-0.2, 0) is 16.6 Å². The SMILES string of the molecule is COc1ccc(-c2ccccc2CNS(=O)(=O)c2ccc(C)cc2)cc1. The van der Waals surface area contributed by atoms with E-state index in [9.17, 15) is 8.42 Å². The van der Waals surface area contributed by atoms with E-state index < -0.39 is 10.0 Å². The Balaban J connectivity index is 1.83. The maximum Gasteiger partial charge on any atom is 0.240 e. The molecule has 0 radical (unpaired) electrons. The van der Waals surface area contributed by atoms with Crippen molar-refractivity contribution >= 4 is 10.0 Å². The number of hydrogen-bond donors (Lipinski definition) is 1. The molecule has 0 aliphatic rings. The summed E-state index contributed by atoms with van der Waals surface area (Å²) >= 11 is 0. The molecule has 0 spiro atoms. The second-order valence-electron chi connectivity index (χ2n) is 6.02. The van der Waals surface area contributed by atoms with Gasteiger partial charge in [-0.3, -0.25) is 0 Å². The lowest BCUT2D eigenvalue weighted by atomic mass is 10.00. The van der Waals surface area contributed by atoms with Gasteiger partial charge in [-0.05, 0) is 47.9 Å². The molecule has 0 saturated carbocycles. The van der Waals surface area contributed by atoms with Crippen LogP contribution in [0.5, 0.6) is 5.75 Å². The molecule has 0 aliphatic heterocycles. The summed E-state index contributed by atoms with van der Waals surface area (Å²) in [5, 5.41) is 0. The zero-order chi connectivity index (χ0) is 18.6. The lowest BCUT2D eigenvalue weighted by Gasteiger charge is -2.12. The summed E-state index contributed by atoms with van der Waals surface area (Å²) in [6.07, 6.45) is 0. The van der Waals surface area contributed by atoms with Crippen LogP contribution in [0.2, 0.25) is 0 Å². The van der Waals surface area contributed by atoms with E-state index in [1.165, 1.54) is 0 Å². The number of methoxy groups -OCH3 is 1. The number of benzene rings is 3. The van der Waals surface area contributed by atoms with Crippen molar-refractivity contribution in [3.8, 4) is 16.9 Å². The number of ether oxygens (including phenoxy) is 1. The van der Waals surface area contributed by atoms with Crippen molar-refractivity contribution in [2.45, 2.75) is 18.4 Å². The predicted molar refractivity (Wildman–Crippen MR) is 104 cm³/mol. The minimum Gasteiger partial charge on any atom is -0.497 e. The molecule has 0 aliphatic carbocycles. The number of hydrogen-bond acceptors (Lipinski definition) is 3. The van der Waals surface area contributed by atoms with Gasteiger partial charge in [0, 0.05) is 6.54 Å². The van der Waals surface area contributed by atoms with Crippen LogP contribution in [0.3, 0.4) is 0 Å². The summed E-state index contributed by atoms with van der Waals surface area (Å²) in [6, 6.07) is 22.3. The first-order valence-corrected chi connectivity index (χ1v) is 9.76. The summed E-state index contributed by atoms with van der Waals surface area (Å²) in [7, 11) is -1.93. The van der Waals surface area contributed by atoms with Crippen LogP contribution in [0.4, 0.5) is 0 Å². The van der Waals surface area contributed by atoms with Crippen LogP contribution < -0.4 is 9.46 Å². The Bertz CT molecular complexity index is 979. The lowest BCUT2D eigenvalue weighted by Crippen LogP contribution is -2.23. The first-order valence-electron chi connectivity index (χ1n) is 8.28. The van der Waals surface area contributed by atoms with Crippen LogP contribution in [0, 0.1) is 6.92 Å². The van der Waals surface area contributed by atoms with Crippen LogP contribution in [0.15, 0.2) is 77.7 Å². The van der Waals surface area contributed by atoms with Gasteiger partial charge in [0.15, 0.2) is 0 Å². The molecule has 0 saturated heterocycles. The van der Waals surface area contributed by atoms with E-state index in [-0.39, 0.29) is 11.4 Å². The second-order valence-corrected chi connectivity index (χ2v) is 7.79. The third-order valence-electron chi connectivity index (χ3n) is 4.20. The van der Waals surface area contributed by atoms with Crippen molar-refractivity contribution in [2.75, 3.05) is 7.11 Å². The van der Waals surface area contributed by atoms with Gasteiger partial charge < -0.3 is 4.74 Å². The number of rotatable bonds is 6. The number of sulfonamides is 1. The summed E-state index contributed by atoms with van der Waals surface area (Å²) in [5.74, 6) is 0.784. The molecule has 26 heavy (non-hydrogen) atoms. The molecule has 3 rings (SSSR count). The minimum absolute atomic E-state index is 0.221. The molecule has 5 heteroatoms. The van der Waals surface area contributed by atoms with Crippen molar-refractivity contribution in [1.29, 1.82) is 0 Å². The maximum atomic E-state index is 12.5. The largest absolute Gasteiger partial charge is 0.497 e. The molecule has 0 fully saturated rings. The molecule has 0 aromatic heterocycles. The molecular weight excluding hydrogens is 346 g/mol. The van der Waals surface area contributed by atoms with Gasteiger partial charge in [0.25, 0.3) is 0 Å². The van der Waals surface area contributed by atoms with Gasteiger partial charge in [0.05, 0.1) is 12.0 Å². The van der Waals surface area contributed by atoms with E-state index in [0.29, 0.717) is 0 Å². The molecule has 134 valence electrons. The predicted octanol–water partition coefficient (Wildman–Crippen LogP) is 4.15.